The predicted molar refractivity (Wildman–Crippen MR) is 123 cm³/mol. The van der Waals surface area contributed by atoms with Crippen LogP contribution in [0, 0.1) is 11.8 Å². The van der Waals surface area contributed by atoms with Crippen molar-refractivity contribution < 1.29 is 14.3 Å². The first-order valence-electron chi connectivity index (χ1n) is 11.0. The van der Waals surface area contributed by atoms with Crippen LogP contribution in [0.5, 0.6) is 5.75 Å². The average molecular weight is 424 g/mol. The number of amides is 2. The Balaban J connectivity index is 1.75. The summed E-state index contributed by atoms with van der Waals surface area (Å²) in [6, 6.07) is 16.9. The number of carbonyl (C=O) groups excluding carboxylic acids is 2. The molecule has 2 N–H and O–H groups in total. The third-order valence-corrected chi connectivity index (χ3v) is 5.71. The van der Waals surface area contributed by atoms with E-state index in [1.165, 1.54) is 0 Å². The Morgan fingerprint density at radius 1 is 1.10 bits per heavy atom. The third-order valence-electron chi connectivity index (χ3n) is 5.71. The van der Waals surface area contributed by atoms with Crippen LogP contribution in [0.15, 0.2) is 54.6 Å². The molecule has 31 heavy (non-hydrogen) atoms. The van der Waals surface area contributed by atoms with E-state index in [2.05, 4.69) is 15.5 Å². The number of methoxy groups -OCH3 is 1. The van der Waals surface area contributed by atoms with Crippen LogP contribution in [0.25, 0.3) is 0 Å². The van der Waals surface area contributed by atoms with Crippen molar-refractivity contribution in [1.29, 1.82) is 0 Å². The zero-order valence-corrected chi connectivity index (χ0v) is 18.6. The van der Waals surface area contributed by atoms with Crippen LogP contribution in [0.3, 0.4) is 0 Å². The number of piperidine rings is 1. The molecule has 2 aromatic rings. The molecule has 2 amide bonds. The molecule has 0 aromatic heterocycles. The van der Waals surface area contributed by atoms with Gasteiger partial charge in [0.15, 0.2) is 0 Å². The Kier molecular flexibility index (Phi) is 8.06. The highest BCUT2D eigenvalue weighted by Gasteiger charge is 2.32. The summed E-state index contributed by atoms with van der Waals surface area (Å²) in [5, 5.41) is 6.11. The maximum absolute atomic E-state index is 13.4. The second kappa shape index (κ2) is 11.0. The van der Waals surface area contributed by atoms with Gasteiger partial charge in [0.1, 0.15) is 11.8 Å². The summed E-state index contributed by atoms with van der Waals surface area (Å²) in [6.07, 6.45) is 2.05. The van der Waals surface area contributed by atoms with Crippen molar-refractivity contribution in [3.63, 3.8) is 0 Å². The Morgan fingerprint density at radius 3 is 2.58 bits per heavy atom. The van der Waals surface area contributed by atoms with E-state index >= 15 is 0 Å². The fraction of sp³-hybridized carbons (Fsp3) is 0.440. The van der Waals surface area contributed by atoms with Crippen molar-refractivity contribution in [3.8, 4) is 5.75 Å². The highest BCUT2D eigenvalue weighted by molar-refractivity contribution is 5.95. The lowest BCUT2D eigenvalue weighted by atomic mass is 9.94. The van der Waals surface area contributed by atoms with Gasteiger partial charge in [0.2, 0.25) is 11.8 Å². The molecule has 166 valence electrons. The van der Waals surface area contributed by atoms with Gasteiger partial charge >= 0.3 is 0 Å². The molecular weight excluding hydrogens is 390 g/mol. The molecule has 0 saturated carbocycles. The van der Waals surface area contributed by atoms with Crippen molar-refractivity contribution in [1.82, 2.24) is 10.2 Å². The molecule has 6 heteroatoms. The summed E-state index contributed by atoms with van der Waals surface area (Å²) in [7, 11) is 1.61. The zero-order valence-electron chi connectivity index (χ0n) is 18.6. The van der Waals surface area contributed by atoms with E-state index in [-0.39, 0.29) is 17.7 Å². The molecule has 1 saturated heterocycles. The third kappa shape index (κ3) is 6.31. The molecule has 3 rings (SSSR count). The number of nitrogens with one attached hydrogen (secondary N) is 2. The number of rotatable bonds is 8. The summed E-state index contributed by atoms with van der Waals surface area (Å²) in [5.41, 5.74) is 1.68. The van der Waals surface area contributed by atoms with Crippen molar-refractivity contribution >= 4 is 17.5 Å². The van der Waals surface area contributed by atoms with E-state index in [4.69, 9.17) is 4.74 Å². The maximum Gasteiger partial charge on any atom is 0.246 e. The van der Waals surface area contributed by atoms with E-state index in [1.807, 2.05) is 68.4 Å². The number of ether oxygens (including phenoxy) is 1. The maximum atomic E-state index is 13.4. The highest BCUT2D eigenvalue weighted by Crippen LogP contribution is 2.29. The van der Waals surface area contributed by atoms with Gasteiger partial charge in [-0.05, 0) is 43.0 Å². The van der Waals surface area contributed by atoms with Crippen molar-refractivity contribution in [2.75, 3.05) is 32.1 Å². The molecular formula is C25H33N3O3. The quantitative estimate of drug-likeness (QED) is 0.676. The lowest BCUT2D eigenvalue weighted by Gasteiger charge is -2.38. The largest absolute Gasteiger partial charge is 0.497 e. The van der Waals surface area contributed by atoms with Crippen molar-refractivity contribution in [2.45, 2.75) is 32.7 Å². The van der Waals surface area contributed by atoms with Crippen LogP contribution in [-0.2, 0) is 9.59 Å². The Labute approximate surface area is 185 Å². The standard InChI is InChI=1S/C25H33N3O3/c1-18(2)24(29)26-16-19-9-8-14-28(17-19)23(20-10-5-4-6-11-20)25(30)27-21-12-7-13-22(15-21)31-3/h4-7,10-13,15,18-19,23H,8-9,14,16-17H2,1-3H3,(H,26,29)(H,27,30). The van der Waals surface area contributed by atoms with Gasteiger partial charge in [0.25, 0.3) is 0 Å². The first-order chi connectivity index (χ1) is 15.0. The van der Waals surface area contributed by atoms with Crippen LogP contribution < -0.4 is 15.4 Å². The number of anilines is 1. The summed E-state index contributed by atoms with van der Waals surface area (Å²) < 4.78 is 5.28. The van der Waals surface area contributed by atoms with Crippen molar-refractivity contribution in [3.05, 3.63) is 60.2 Å². The van der Waals surface area contributed by atoms with Gasteiger partial charge in [-0.15, -0.1) is 0 Å². The Morgan fingerprint density at radius 2 is 1.87 bits per heavy atom. The second-order valence-electron chi connectivity index (χ2n) is 8.44. The number of nitrogens with zero attached hydrogens (tertiary/aromatic N) is 1. The minimum Gasteiger partial charge on any atom is -0.497 e. The Hall–Kier alpha value is -2.86. The highest BCUT2D eigenvalue weighted by atomic mass is 16.5. The molecule has 1 aliphatic heterocycles. The van der Waals surface area contributed by atoms with E-state index in [9.17, 15) is 9.59 Å². The van der Waals surface area contributed by atoms with Crippen LogP contribution in [0.1, 0.15) is 38.3 Å². The van der Waals surface area contributed by atoms with Gasteiger partial charge in [-0.25, -0.2) is 0 Å². The van der Waals surface area contributed by atoms with E-state index < -0.39 is 6.04 Å². The molecule has 6 nitrogen and oxygen atoms in total. The SMILES string of the molecule is COc1cccc(NC(=O)C(c2ccccc2)N2CCCC(CNC(=O)C(C)C)C2)c1. The average Bonchev–Trinajstić information content (AvgIpc) is 2.78. The first kappa shape index (κ1) is 22.8. The second-order valence-corrected chi connectivity index (χ2v) is 8.44. The molecule has 1 fully saturated rings. The number of carbonyl (C=O) groups is 2. The van der Waals surface area contributed by atoms with Gasteiger partial charge in [-0.2, -0.15) is 0 Å². The summed E-state index contributed by atoms with van der Waals surface area (Å²) in [5.74, 6) is 1.02. The molecule has 0 bridgehead atoms. The monoisotopic (exact) mass is 423 g/mol. The lowest BCUT2D eigenvalue weighted by molar-refractivity contribution is -0.125. The topological polar surface area (TPSA) is 70.7 Å². The predicted octanol–water partition coefficient (Wildman–Crippen LogP) is 3.86. The fourth-order valence-corrected chi connectivity index (χ4v) is 4.02. The molecule has 0 spiro atoms. The van der Waals surface area contributed by atoms with Gasteiger partial charge < -0.3 is 15.4 Å². The lowest BCUT2D eigenvalue weighted by Crippen LogP contribution is -2.46. The minimum absolute atomic E-state index is 0.0228. The molecule has 2 atom stereocenters. The van der Waals surface area contributed by atoms with Gasteiger partial charge in [-0.1, -0.05) is 50.2 Å². The molecule has 0 aliphatic carbocycles. The molecule has 0 radical (unpaired) electrons. The normalized spacial score (nSPS) is 17.7. The fourth-order valence-electron chi connectivity index (χ4n) is 4.02. The minimum atomic E-state index is -0.393. The molecule has 1 heterocycles. The smallest absolute Gasteiger partial charge is 0.246 e. The summed E-state index contributed by atoms with van der Waals surface area (Å²) in [6.45, 7) is 6.06. The van der Waals surface area contributed by atoms with Crippen molar-refractivity contribution in [2.24, 2.45) is 11.8 Å². The first-order valence-corrected chi connectivity index (χ1v) is 11.0. The van der Waals surface area contributed by atoms with Gasteiger partial charge in [-0.3, -0.25) is 14.5 Å². The molecule has 2 aromatic carbocycles. The molecule has 2 unspecified atom stereocenters. The number of benzene rings is 2. The summed E-state index contributed by atoms with van der Waals surface area (Å²) in [4.78, 5) is 27.6. The van der Waals surface area contributed by atoms with Crippen LogP contribution in [-0.4, -0.2) is 43.5 Å². The van der Waals surface area contributed by atoms with Crippen LogP contribution in [0.2, 0.25) is 0 Å². The number of likely N-dealkylation sites (tertiary alicyclic amines) is 1. The Bertz CT molecular complexity index is 869. The van der Waals surface area contributed by atoms with Crippen LogP contribution in [0.4, 0.5) is 5.69 Å². The van der Waals surface area contributed by atoms with Gasteiger partial charge in [0.05, 0.1) is 7.11 Å². The van der Waals surface area contributed by atoms with Gasteiger partial charge in [0, 0.05) is 30.8 Å². The number of hydrogen-bond donors (Lipinski definition) is 2. The number of hydrogen-bond acceptors (Lipinski definition) is 4. The van der Waals surface area contributed by atoms with E-state index in [0.717, 1.165) is 31.5 Å². The zero-order chi connectivity index (χ0) is 22.2. The summed E-state index contributed by atoms with van der Waals surface area (Å²) >= 11 is 0. The van der Waals surface area contributed by atoms with E-state index in [1.54, 1.807) is 7.11 Å². The van der Waals surface area contributed by atoms with E-state index in [0.29, 0.717) is 23.9 Å². The van der Waals surface area contributed by atoms with Crippen LogP contribution >= 0.6 is 0 Å². The molecule has 1 aliphatic rings.